The lowest BCUT2D eigenvalue weighted by Crippen LogP contribution is -2.20. The van der Waals surface area contributed by atoms with Crippen LogP contribution in [0.25, 0.3) is 0 Å². The number of rotatable bonds is 9. The minimum absolute atomic E-state index is 0.176. The SMILES string of the molecule is CCOc1cc(CNc2ccc(Br)cc2)cc(Cl)c1OCC(=O)Nc1ccc(C)cc1. The lowest BCUT2D eigenvalue weighted by atomic mass is 10.2. The van der Waals surface area contributed by atoms with Gasteiger partial charge in [-0.2, -0.15) is 0 Å². The smallest absolute Gasteiger partial charge is 0.262 e. The van der Waals surface area contributed by atoms with Crippen molar-refractivity contribution in [1.29, 1.82) is 0 Å². The Balaban J connectivity index is 1.65. The predicted octanol–water partition coefficient (Wildman–Crippen LogP) is 6.44. The van der Waals surface area contributed by atoms with Gasteiger partial charge in [0.2, 0.25) is 0 Å². The molecule has 0 aromatic heterocycles. The van der Waals surface area contributed by atoms with E-state index in [1.807, 2.05) is 74.5 Å². The summed E-state index contributed by atoms with van der Waals surface area (Å²) in [7, 11) is 0. The van der Waals surface area contributed by atoms with E-state index in [0.29, 0.717) is 35.4 Å². The maximum absolute atomic E-state index is 12.3. The summed E-state index contributed by atoms with van der Waals surface area (Å²) in [5.41, 5.74) is 3.76. The van der Waals surface area contributed by atoms with Crippen LogP contribution in [0.4, 0.5) is 11.4 Å². The summed E-state index contributed by atoms with van der Waals surface area (Å²) in [6, 6.07) is 19.1. The van der Waals surface area contributed by atoms with Crippen LogP contribution in [0.15, 0.2) is 65.1 Å². The molecule has 0 heterocycles. The van der Waals surface area contributed by atoms with Gasteiger partial charge < -0.3 is 20.1 Å². The van der Waals surface area contributed by atoms with E-state index in [-0.39, 0.29) is 12.5 Å². The fraction of sp³-hybridized carbons (Fsp3) is 0.208. The van der Waals surface area contributed by atoms with Gasteiger partial charge in [-0.3, -0.25) is 4.79 Å². The van der Waals surface area contributed by atoms with Crippen molar-refractivity contribution in [1.82, 2.24) is 0 Å². The summed E-state index contributed by atoms with van der Waals surface area (Å²) in [5.74, 6) is 0.587. The van der Waals surface area contributed by atoms with Gasteiger partial charge in [0.25, 0.3) is 5.91 Å². The maximum atomic E-state index is 12.3. The van der Waals surface area contributed by atoms with Gasteiger partial charge in [-0.25, -0.2) is 0 Å². The van der Waals surface area contributed by atoms with Gasteiger partial charge in [0.1, 0.15) is 0 Å². The number of ether oxygens (including phenoxy) is 2. The van der Waals surface area contributed by atoms with E-state index in [4.69, 9.17) is 21.1 Å². The average molecular weight is 504 g/mol. The maximum Gasteiger partial charge on any atom is 0.262 e. The van der Waals surface area contributed by atoms with Gasteiger partial charge in [0, 0.05) is 22.4 Å². The minimum atomic E-state index is -0.275. The highest BCUT2D eigenvalue weighted by Gasteiger charge is 2.15. The van der Waals surface area contributed by atoms with Crippen LogP contribution < -0.4 is 20.1 Å². The second-order valence-electron chi connectivity index (χ2n) is 6.90. The fourth-order valence-corrected chi connectivity index (χ4v) is 3.42. The third-order valence-electron chi connectivity index (χ3n) is 4.39. The number of benzene rings is 3. The lowest BCUT2D eigenvalue weighted by molar-refractivity contribution is -0.118. The molecular formula is C24H24BrClN2O3. The molecule has 3 rings (SSSR count). The third kappa shape index (κ3) is 6.91. The summed E-state index contributed by atoms with van der Waals surface area (Å²) in [6.07, 6.45) is 0. The number of halogens is 2. The molecule has 1 amide bonds. The largest absolute Gasteiger partial charge is 0.490 e. The molecule has 0 atom stereocenters. The molecule has 7 heteroatoms. The molecule has 0 aliphatic rings. The molecule has 31 heavy (non-hydrogen) atoms. The van der Waals surface area contributed by atoms with E-state index in [0.717, 1.165) is 21.3 Å². The van der Waals surface area contributed by atoms with E-state index < -0.39 is 0 Å². The molecule has 3 aromatic carbocycles. The van der Waals surface area contributed by atoms with Gasteiger partial charge in [-0.05, 0) is 67.9 Å². The van der Waals surface area contributed by atoms with Gasteiger partial charge in [0.15, 0.2) is 18.1 Å². The Labute approximate surface area is 195 Å². The summed E-state index contributed by atoms with van der Waals surface area (Å²) < 4.78 is 12.5. The molecule has 0 saturated carbocycles. The summed E-state index contributed by atoms with van der Waals surface area (Å²) >= 11 is 9.89. The molecule has 0 spiro atoms. The summed E-state index contributed by atoms with van der Waals surface area (Å²) in [6.45, 7) is 4.71. The summed E-state index contributed by atoms with van der Waals surface area (Å²) in [5, 5.41) is 6.54. The normalized spacial score (nSPS) is 10.5. The van der Waals surface area contributed by atoms with Gasteiger partial charge in [-0.1, -0.05) is 45.2 Å². The first-order valence-corrected chi connectivity index (χ1v) is 11.1. The number of carbonyl (C=O) groups excluding carboxylic acids is 1. The Hall–Kier alpha value is -2.70. The molecule has 0 aliphatic carbocycles. The number of carbonyl (C=O) groups is 1. The Morgan fingerprint density at radius 3 is 2.35 bits per heavy atom. The highest BCUT2D eigenvalue weighted by molar-refractivity contribution is 9.10. The van der Waals surface area contributed by atoms with Crippen LogP contribution in [-0.4, -0.2) is 19.1 Å². The monoisotopic (exact) mass is 502 g/mol. The molecule has 5 nitrogen and oxygen atoms in total. The zero-order valence-corrected chi connectivity index (χ0v) is 19.7. The highest BCUT2D eigenvalue weighted by atomic mass is 79.9. The van der Waals surface area contributed by atoms with E-state index in [1.54, 1.807) is 0 Å². The molecule has 0 aliphatic heterocycles. The van der Waals surface area contributed by atoms with Crippen LogP contribution in [0, 0.1) is 6.92 Å². The summed E-state index contributed by atoms with van der Waals surface area (Å²) in [4.78, 5) is 12.3. The molecule has 2 N–H and O–H groups in total. The first-order chi connectivity index (χ1) is 14.9. The molecule has 0 unspecified atom stereocenters. The number of aryl methyl sites for hydroxylation is 1. The van der Waals surface area contributed by atoms with Crippen LogP contribution in [0.5, 0.6) is 11.5 Å². The van der Waals surface area contributed by atoms with Crippen molar-refractivity contribution in [2.75, 3.05) is 23.8 Å². The van der Waals surface area contributed by atoms with Crippen LogP contribution >= 0.6 is 27.5 Å². The van der Waals surface area contributed by atoms with Crippen LogP contribution in [0.2, 0.25) is 5.02 Å². The quantitative estimate of drug-likeness (QED) is 0.353. The Kier molecular flexibility index (Phi) is 8.20. The van der Waals surface area contributed by atoms with Gasteiger partial charge in [-0.15, -0.1) is 0 Å². The third-order valence-corrected chi connectivity index (χ3v) is 5.20. The topological polar surface area (TPSA) is 59.6 Å². The zero-order valence-electron chi connectivity index (χ0n) is 17.4. The van der Waals surface area contributed by atoms with Crippen LogP contribution in [0.3, 0.4) is 0 Å². The Bertz CT molecular complexity index is 1020. The number of anilines is 2. The van der Waals surface area contributed by atoms with Gasteiger partial charge in [0.05, 0.1) is 11.6 Å². The van der Waals surface area contributed by atoms with E-state index in [1.165, 1.54) is 0 Å². The average Bonchev–Trinajstić information content (AvgIpc) is 2.74. The number of hydrogen-bond donors (Lipinski definition) is 2. The van der Waals surface area contributed by atoms with Crippen molar-refractivity contribution >= 4 is 44.8 Å². The van der Waals surface area contributed by atoms with E-state index >= 15 is 0 Å². The Morgan fingerprint density at radius 1 is 1.00 bits per heavy atom. The fourth-order valence-electron chi connectivity index (χ4n) is 2.87. The number of hydrogen-bond acceptors (Lipinski definition) is 4. The van der Waals surface area contributed by atoms with Crippen LogP contribution in [-0.2, 0) is 11.3 Å². The van der Waals surface area contributed by atoms with E-state index in [9.17, 15) is 4.79 Å². The Morgan fingerprint density at radius 2 is 1.68 bits per heavy atom. The van der Waals surface area contributed by atoms with Crippen LogP contribution in [0.1, 0.15) is 18.1 Å². The number of nitrogens with one attached hydrogen (secondary N) is 2. The standard InChI is InChI=1S/C24H24BrClN2O3/c1-3-30-22-13-17(14-27-19-10-6-18(25)7-11-19)12-21(26)24(22)31-15-23(29)28-20-8-4-16(2)5-9-20/h4-13,27H,3,14-15H2,1-2H3,(H,28,29). The highest BCUT2D eigenvalue weighted by Crippen LogP contribution is 2.37. The molecule has 162 valence electrons. The predicted molar refractivity (Wildman–Crippen MR) is 129 cm³/mol. The molecule has 0 bridgehead atoms. The first kappa shape index (κ1) is 23.0. The van der Waals surface area contributed by atoms with Gasteiger partial charge >= 0.3 is 0 Å². The lowest BCUT2D eigenvalue weighted by Gasteiger charge is -2.16. The molecule has 0 fully saturated rings. The van der Waals surface area contributed by atoms with Crippen molar-refractivity contribution in [2.45, 2.75) is 20.4 Å². The molecule has 0 radical (unpaired) electrons. The number of amides is 1. The molecule has 0 saturated heterocycles. The van der Waals surface area contributed by atoms with Crippen molar-refractivity contribution in [3.05, 3.63) is 81.3 Å². The molecular weight excluding hydrogens is 480 g/mol. The second kappa shape index (κ2) is 11.1. The zero-order chi connectivity index (χ0) is 22.2. The second-order valence-corrected chi connectivity index (χ2v) is 8.22. The minimum Gasteiger partial charge on any atom is -0.490 e. The van der Waals surface area contributed by atoms with Crippen molar-refractivity contribution in [2.24, 2.45) is 0 Å². The van der Waals surface area contributed by atoms with Crippen molar-refractivity contribution in [3.8, 4) is 11.5 Å². The first-order valence-electron chi connectivity index (χ1n) is 9.88. The molecule has 3 aromatic rings. The van der Waals surface area contributed by atoms with Crippen molar-refractivity contribution in [3.63, 3.8) is 0 Å². The van der Waals surface area contributed by atoms with Crippen molar-refractivity contribution < 1.29 is 14.3 Å². The van der Waals surface area contributed by atoms with E-state index in [2.05, 4.69) is 26.6 Å².